The van der Waals surface area contributed by atoms with E-state index in [2.05, 4.69) is 24.5 Å². The Kier molecular flexibility index (Phi) is 9.10. The number of thiophene rings is 1. The van der Waals surface area contributed by atoms with Gasteiger partial charge in [-0.2, -0.15) is 5.26 Å². The molecule has 1 unspecified atom stereocenters. The molecular weight excluding hydrogens is 416 g/mol. The van der Waals surface area contributed by atoms with Gasteiger partial charge < -0.3 is 19.5 Å². The summed E-state index contributed by atoms with van der Waals surface area (Å²) in [5.41, 5.74) is 1.97. The zero-order chi connectivity index (χ0) is 22.8. The van der Waals surface area contributed by atoms with Crippen molar-refractivity contribution in [1.29, 1.82) is 5.26 Å². The van der Waals surface area contributed by atoms with Crippen molar-refractivity contribution < 1.29 is 23.8 Å². The molecule has 31 heavy (non-hydrogen) atoms. The van der Waals surface area contributed by atoms with Crippen LogP contribution < -0.4 is 5.32 Å². The van der Waals surface area contributed by atoms with Crippen LogP contribution in [0.15, 0.2) is 48.8 Å². The smallest absolute Gasteiger partial charge is 0.494 e. The molecule has 0 radical (unpaired) electrons. The Hall–Kier alpha value is -3.31. The number of nitrogens with one attached hydrogen (secondary N) is 1. The van der Waals surface area contributed by atoms with Gasteiger partial charge in [-0.15, -0.1) is 11.3 Å². The number of carbonyl (C=O) groups excluding carboxylic acids is 2. The number of hydrogen-bond acceptors (Lipinski definition) is 7. The van der Waals surface area contributed by atoms with Gasteiger partial charge in [-0.25, -0.2) is 4.79 Å². The quantitative estimate of drug-likeness (QED) is 0.255. The van der Waals surface area contributed by atoms with E-state index in [-0.39, 0.29) is 18.6 Å². The molecule has 1 N–H and O–H groups in total. The number of ether oxygens (including phenoxy) is 3. The van der Waals surface area contributed by atoms with E-state index in [1.165, 1.54) is 17.4 Å². The number of carbonyl (C=O) groups is 2. The SMILES string of the molecule is C=C/C=C(/C=C/C(=O)Nc1sc2c(c1C#N)CCC(OC(=O)OCC)C2)C(=C)OCC. The Labute approximate surface area is 186 Å². The number of rotatable bonds is 9. The molecule has 8 heteroatoms. The average Bonchev–Trinajstić information content (AvgIpc) is 3.07. The van der Waals surface area contributed by atoms with Crippen molar-refractivity contribution in [3.8, 4) is 6.07 Å². The molecular formula is C23H26N2O5S. The normalized spacial score (nSPS) is 15.5. The van der Waals surface area contributed by atoms with E-state index < -0.39 is 6.16 Å². The lowest BCUT2D eigenvalue weighted by atomic mass is 9.94. The number of nitrogens with zero attached hydrogens (tertiary/aromatic N) is 1. The Morgan fingerprint density at radius 3 is 2.68 bits per heavy atom. The fraction of sp³-hybridized carbons (Fsp3) is 0.348. The predicted molar refractivity (Wildman–Crippen MR) is 120 cm³/mol. The third-order valence-corrected chi connectivity index (χ3v) is 5.62. The maximum atomic E-state index is 12.5. The molecule has 0 saturated carbocycles. The third-order valence-electron chi connectivity index (χ3n) is 4.45. The second-order valence-corrected chi connectivity index (χ2v) is 7.63. The number of hydrogen-bond donors (Lipinski definition) is 1. The van der Waals surface area contributed by atoms with E-state index in [0.29, 0.717) is 47.8 Å². The van der Waals surface area contributed by atoms with Crippen LogP contribution in [0.3, 0.4) is 0 Å². The predicted octanol–water partition coefficient (Wildman–Crippen LogP) is 4.81. The lowest BCUT2D eigenvalue weighted by molar-refractivity contribution is -0.111. The second kappa shape index (κ2) is 11.8. The van der Waals surface area contributed by atoms with Crippen LogP contribution in [0.4, 0.5) is 9.80 Å². The van der Waals surface area contributed by atoms with Crippen molar-refractivity contribution in [2.24, 2.45) is 0 Å². The molecule has 1 aromatic heterocycles. The molecule has 1 heterocycles. The van der Waals surface area contributed by atoms with Crippen molar-refractivity contribution in [3.05, 3.63) is 64.8 Å². The molecule has 1 amide bonds. The summed E-state index contributed by atoms with van der Waals surface area (Å²) in [6.45, 7) is 11.7. The lowest BCUT2D eigenvalue weighted by Gasteiger charge is -2.21. The maximum Gasteiger partial charge on any atom is 0.508 e. The van der Waals surface area contributed by atoms with Crippen LogP contribution in [0.5, 0.6) is 0 Å². The Bertz CT molecular complexity index is 952. The summed E-state index contributed by atoms with van der Waals surface area (Å²) in [7, 11) is 0. The van der Waals surface area contributed by atoms with Crippen LogP contribution in [-0.2, 0) is 31.8 Å². The highest BCUT2D eigenvalue weighted by molar-refractivity contribution is 7.16. The fourth-order valence-corrected chi connectivity index (χ4v) is 4.36. The molecule has 0 bridgehead atoms. The van der Waals surface area contributed by atoms with E-state index in [0.717, 1.165) is 10.4 Å². The highest BCUT2D eigenvalue weighted by Gasteiger charge is 2.28. The largest absolute Gasteiger partial charge is 0.508 e. The molecule has 1 aromatic rings. The molecule has 0 spiro atoms. The van der Waals surface area contributed by atoms with Gasteiger partial charge in [0.05, 0.1) is 18.8 Å². The minimum absolute atomic E-state index is 0.250. The lowest BCUT2D eigenvalue weighted by Crippen LogP contribution is -2.25. The first-order valence-electron chi connectivity index (χ1n) is 9.95. The van der Waals surface area contributed by atoms with Crippen molar-refractivity contribution in [3.63, 3.8) is 0 Å². The minimum atomic E-state index is -0.691. The Balaban J connectivity index is 2.12. The van der Waals surface area contributed by atoms with Crippen LogP contribution in [0.2, 0.25) is 0 Å². The number of fused-ring (bicyclic) bond motifs is 1. The Morgan fingerprint density at radius 2 is 2.03 bits per heavy atom. The van der Waals surface area contributed by atoms with Crippen molar-refractivity contribution in [2.75, 3.05) is 18.5 Å². The van der Waals surface area contributed by atoms with Crippen LogP contribution in [-0.4, -0.2) is 31.4 Å². The number of allylic oxidation sites excluding steroid dienone is 3. The van der Waals surface area contributed by atoms with Crippen LogP contribution in [0, 0.1) is 11.3 Å². The highest BCUT2D eigenvalue weighted by atomic mass is 32.1. The molecule has 0 aromatic carbocycles. The first-order valence-corrected chi connectivity index (χ1v) is 10.8. The molecule has 1 atom stereocenters. The standard InChI is InChI=1S/C23H26N2O5S/c1-5-8-16(15(4)28-6-2)9-12-21(26)25-22-19(14-24)18-11-10-17(13-20(18)31-22)30-23(27)29-7-3/h5,8-9,12,17H,1,4,6-7,10-11,13H2,2-3H3,(H,25,26)/b12-9+,16-8-. The number of nitriles is 1. The van der Waals surface area contributed by atoms with Gasteiger partial charge in [0, 0.05) is 22.9 Å². The second-order valence-electron chi connectivity index (χ2n) is 6.52. The summed E-state index contributed by atoms with van der Waals surface area (Å²) in [6.07, 6.45) is 6.88. The van der Waals surface area contributed by atoms with Crippen molar-refractivity contribution in [2.45, 2.75) is 39.2 Å². The van der Waals surface area contributed by atoms with E-state index in [4.69, 9.17) is 14.2 Å². The zero-order valence-corrected chi connectivity index (χ0v) is 18.5. The first kappa shape index (κ1) is 24.0. The van der Waals surface area contributed by atoms with Crippen LogP contribution in [0.25, 0.3) is 0 Å². The molecule has 0 saturated heterocycles. The molecule has 0 aliphatic heterocycles. The molecule has 0 fully saturated rings. The number of anilines is 1. The molecule has 1 aliphatic carbocycles. The summed E-state index contributed by atoms with van der Waals surface area (Å²) in [4.78, 5) is 25.0. The summed E-state index contributed by atoms with van der Waals surface area (Å²) in [5.74, 6) is 0.0528. The van der Waals surface area contributed by atoms with E-state index in [9.17, 15) is 14.9 Å². The first-order chi connectivity index (χ1) is 14.9. The van der Waals surface area contributed by atoms with Gasteiger partial charge in [0.25, 0.3) is 0 Å². The minimum Gasteiger partial charge on any atom is -0.494 e. The van der Waals surface area contributed by atoms with Gasteiger partial charge in [-0.3, -0.25) is 4.79 Å². The maximum absolute atomic E-state index is 12.5. The van der Waals surface area contributed by atoms with Gasteiger partial charge in [-0.1, -0.05) is 25.3 Å². The summed E-state index contributed by atoms with van der Waals surface area (Å²) < 4.78 is 15.5. The summed E-state index contributed by atoms with van der Waals surface area (Å²) in [6, 6.07) is 2.19. The molecule has 2 rings (SSSR count). The fourth-order valence-electron chi connectivity index (χ4n) is 3.10. The van der Waals surface area contributed by atoms with Gasteiger partial charge in [0.1, 0.15) is 22.9 Å². The average molecular weight is 443 g/mol. The summed E-state index contributed by atoms with van der Waals surface area (Å²) >= 11 is 1.32. The van der Waals surface area contributed by atoms with Gasteiger partial charge >= 0.3 is 6.16 Å². The van der Waals surface area contributed by atoms with Crippen molar-refractivity contribution in [1.82, 2.24) is 0 Å². The van der Waals surface area contributed by atoms with Gasteiger partial charge in [-0.05, 0) is 38.3 Å². The zero-order valence-electron chi connectivity index (χ0n) is 17.7. The van der Waals surface area contributed by atoms with E-state index in [1.54, 1.807) is 25.2 Å². The third kappa shape index (κ3) is 6.59. The van der Waals surface area contributed by atoms with Gasteiger partial charge in [0.2, 0.25) is 5.91 Å². The summed E-state index contributed by atoms with van der Waals surface area (Å²) in [5, 5.41) is 12.9. The Morgan fingerprint density at radius 1 is 1.29 bits per heavy atom. The van der Waals surface area contributed by atoms with Crippen LogP contribution >= 0.6 is 11.3 Å². The van der Waals surface area contributed by atoms with E-state index >= 15 is 0 Å². The van der Waals surface area contributed by atoms with Crippen molar-refractivity contribution >= 4 is 28.4 Å². The molecule has 7 nitrogen and oxygen atoms in total. The molecule has 1 aliphatic rings. The highest BCUT2D eigenvalue weighted by Crippen LogP contribution is 2.38. The van der Waals surface area contributed by atoms with Gasteiger partial charge in [0.15, 0.2) is 0 Å². The monoisotopic (exact) mass is 442 g/mol. The van der Waals surface area contributed by atoms with E-state index in [1.807, 2.05) is 6.92 Å². The topological polar surface area (TPSA) is 97.7 Å². The molecule has 164 valence electrons. The number of amides is 1. The van der Waals surface area contributed by atoms with Crippen LogP contribution in [0.1, 0.15) is 36.3 Å².